The highest BCUT2D eigenvalue weighted by Gasteiger charge is 2.25. The van der Waals surface area contributed by atoms with Crippen LogP contribution >= 0.6 is 11.8 Å². The Kier molecular flexibility index (Phi) is 6.54. The summed E-state index contributed by atoms with van der Waals surface area (Å²) in [5.41, 5.74) is 5.30. The van der Waals surface area contributed by atoms with Gasteiger partial charge in [-0.2, -0.15) is 11.8 Å². The number of nitrogens with two attached hydrogens (primary N) is 1. The van der Waals surface area contributed by atoms with Gasteiger partial charge < -0.3 is 11.1 Å². The number of hydrogen-bond acceptors (Lipinski definition) is 3. The summed E-state index contributed by atoms with van der Waals surface area (Å²) in [7, 11) is 0. The second-order valence-corrected chi connectivity index (χ2v) is 6.13. The van der Waals surface area contributed by atoms with Crippen molar-refractivity contribution in [3.8, 4) is 0 Å². The molecular formula is C13H24N2O2S. The van der Waals surface area contributed by atoms with E-state index in [9.17, 15) is 9.59 Å². The average Bonchev–Trinajstić information content (AvgIpc) is 2.36. The molecule has 0 radical (unpaired) electrons. The molecule has 0 aromatic rings. The number of hydrogen-bond donors (Lipinski definition) is 2. The molecule has 1 unspecified atom stereocenters. The highest BCUT2D eigenvalue weighted by molar-refractivity contribution is 7.98. The maximum Gasteiger partial charge on any atom is 0.223 e. The molecule has 0 heterocycles. The van der Waals surface area contributed by atoms with Gasteiger partial charge in [0.05, 0.1) is 0 Å². The van der Waals surface area contributed by atoms with E-state index in [0.717, 1.165) is 38.0 Å². The third-order valence-corrected chi connectivity index (χ3v) is 4.51. The first-order valence-electron chi connectivity index (χ1n) is 6.60. The Morgan fingerprint density at radius 1 is 1.33 bits per heavy atom. The first kappa shape index (κ1) is 15.3. The number of rotatable bonds is 6. The van der Waals surface area contributed by atoms with Gasteiger partial charge in [-0.15, -0.1) is 0 Å². The van der Waals surface area contributed by atoms with E-state index >= 15 is 0 Å². The third kappa shape index (κ3) is 4.88. The quantitative estimate of drug-likeness (QED) is 0.767. The van der Waals surface area contributed by atoms with Crippen LogP contribution in [0.3, 0.4) is 0 Å². The molecule has 1 saturated carbocycles. The molecule has 3 N–H and O–H groups in total. The first-order chi connectivity index (χ1) is 8.54. The van der Waals surface area contributed by atoms with Crippen LogP contribution in [0.1, 0.15) is 32.6 Å². The summed E-state index contributed by atoms with van der Waals surface area (Å²) < 4.78 is 0. The van der Waals surface area contributed by atoms with Gasteiger partial charge in [0.1, 0.15) is 0 Å². The highest BCUT2D eigenvalue weighted by Crippen LogP contribution is 2.28. The number of nitrogens with one attached hydrogen (secondary N) is 1. The van der Waals surface area contributed by atoms with E-state index in [2.05, 4.69) is 5.32 Å². The van der Waals surface area contributed by atoms with Gasteiger partial charge in [-0.05, 0) is 37.9 Å². The molecule has 0 saturated heterocycles. The molecule has 0 bridgehead atoms. The largest absolute Gasteiger partial charge is 0.369 e. The predicted molar refractivity (Wildman–Crippen MR) is 75.2 cm³/mol. The van der Waals surface area contributed by atoms with Crippen molar-refractivity contribution in [1.82, 2.24) is 5.32 Å². The number of primary amides is 1. The van der Waals surface area contributed by atoms with Gasteiger partial charge in [0.2, 0.25) is 11.8 Å². The molecule has 18 heavy (non-hydrogen) atoms. The monoisotopic (exact) mass is 272 g/mol. The lowest BCUT2D eigenvalue weighted by Crippen LogP contribution is -2.36. The Balaban J connectivity index is 2.21. The molecule has 0 aromatic carbocycles. The zero-order valence-electron chi connectivity index (χ0n) is 11.3. The average molecular weight is 272 g/mol. The van der Waals surface area contributed by atoms with Crippen molar-refractivity contribution in [1.29, 1.82) is 0 Å². The number of thioether (sulfide) groups is 1. The van der Waals surface area contributed by atoms with Crippen LogP contribution in [-0.2, 0) is 9.59 Å². The van der Waals surface area contributed by atoms with Crippen LogP contribution in [-0.4, -0.2) is 30.4 Å². The van der Waals surface area contributed by atoms with Crippen molar-refractivity contribution in [3.05, 3.63) is 0 Å². The molecule has 1 rings (SSSR count). The van der Waals surface area contributed by atoms with Crippen molar-refractivity contribution in [3.63, 3.8) is 0 Å². The fourth-order valence-electron chi connectivity index (χ4n) is 2.40. The molecule has 104 valence electrons. The molecule has 2 amide bonds. The van der Waals surface area contributed by atoms with Crippen molar-refractivity contribution in [2.24, 2.45) is 23.5 Å². The van der Waals surface area contributed by atoms with Crippen LogP contribution in [0.15, 0.2) is 0 Å². The van der Waals surface area contributed by atoms with Crippen molar-refractivity contribution >= 4 is 23.6 Å². The van der Waals surface area contributed by atoms with Gasteiger partial charge in [0, 0.05) is 24.1 Å². The topological polar surface area (TPSA) is 72.2 Å². The molecular weight excluding hydrogens is 248 g/mol. The summed E-state index contributed by atoms with van der Waals surface area (Å²) in [4.78, 5) is 22.8. The fraction of sp³-hybridized carbons (Fsp3) is 0.846. The van der Waals surface area contributed by atoms with Crippen LogP contribution in [0, 0.1) is 17.8 Å². The molecule has 5 heteroatoms. The van der Waals surface area contributed by atoms with Gasteiger partial charge in [0.15, 0.2) is 0 Å². The number of carbonyl (C=O) groups is 2. The number of amides is 2. The second kappa shape index (κ2) is 7.67. The molecule has 1 fully saturated rings. The van der Waals surface area contributed by atoms with E-state index in [0.29, 0.717) is 5.92 Å². The maximum absolute atomic E-state index is 11.7. The molecule has 0 aromatic heterocycles. The van der Waals surface area contributed by atoms with E-state index in [4.69, 9.17) is 5.73 Å². The zero-order chi connectivity index (χ0) is 13.5. The number of carbonyl (C=O) groups excluding carboxylic acids is 2. The SMILES string of the molecule is CSCC(C)C(=O)NCC1CCC(C(N)=O)CC1. The molecule has 0 aliphatic heterocycles. The highest BCUT2D eigenvalue weighted by atomic mass is 32.2. The normalized spacial score (nSPS) is 25.4. The van der Waals surface area contributed by atoms with E-state index < -0.39 is 0 Å². The summed E-state index contributed by atoms with van der Waals surface area (Å²) in [6.45, 7) is 2.69. The van der Waals surface area contributed by atoms with Crippen LogP contribution in [0.25, 0.3) is 0 Å². The standard InChI is InChI=1S/C13H24N2O2S/c1-9(8-18-2)13(17)15-7-10-3-5-11(6-4-10)12(14)16/h9-11H,3-8H2,1-2H3,(H2,14,16)(H,15,17). The Morgan fingerprint density at radius 2 is 1.94 bits per heavy atom. The van der Waals surface area contributed by atoms with Crippen molar-refractivity contribution < 1.29 is 9.59 Å². The Bertz CT molecular complexity index is 289. The van der Waals surface area contributed by atoms with Crippen LogP contribution in [0.2, 0.25) is 0 Å². The minimum Gasteiger partial charge on any atom is -0.369 e. The summed E-state index contributed by atoms with van der Waals surface area (Å²) in [6.07, 6.45) is 5.73. The second-order valence-electron chi connectivity index (χ2n) is 5.22. The van der Waals surface area contributed by atoms with Crippen LogP contribution in [0.5, 0.6) is 0 Å². The van der Waals surface area contributed by atoms with E-state index in [1.165, 1.54) is 0 Å². The summed E-state index contributed by atoms with van der Waals surface area (Å²) in [5.74, 6) is 1.45. The Hall–Kier alpha value is -0.710. The van der Waals surface area contributed by atoms with Crippen LogP contribution < -0.4 is 11.1 Å². The summed E-state index contributed by atoms with van der Waals surface area (Å²) in [6, 6.07) is 0. The molecule has 4 nitrogen and oxygen atoms in total. The Labute approximate surface area is 113 Å². The van der Waals surface area contributed by atoms with Crippen molar-refractivity contribution in [2.75, 3.05) is 18.6 Å². The predicted octanol–water partition coefficient (Wildman–Crippen LogP) is 1.39. The van der Waals surface area contributed by atoms with Gasteiger partial charge >= 0.3 is 0 Å². The van der Waals surface area contributed by atoms with Gasteiger partial charge in [0.25, 0.3) is 0 Å². The van der Waals surface area contributed by atoms with Crippen molar-refractivity contribution in [2.45, 2.75) is 32.6 Å². The smallest absolute Gasteiger partial charge is 0.223 e. The molecule has 1 aliphatic carbocycles. The van der Waals surface area contributed by atoms with E-state index in [1.807, 2.05) is 13.2 Å². The maximum atomic E-state index is 11.7. The first-order valence-corrected chi connectivity index (χ1v) is 8.00. The molecule has 1 atom stereocenters. The summed E-state index contributed by atoms with van der Waals surface area (Å²) in [5, 5.41) is 3.01. The minimum atomic E-state index is -0.175. The molecule has 0 spiro atoms. The zero-order valence-corrected chi connectivity index (χ0v) is 12.1. The minimum absolute atomic E-state index is 0.0485. The van der Waals surface area contributed by atoms with Gasteiger partial charge in [-0.25, -0.2) is 0 Å². The fourth-order valence-corrected chi connectivity index (χ4v) is 3.05. The lowest BCUT2D eigenvalue weighted by atomic mass is 9.81. The van der Waals surface area contributed by atoms with E-state index in [-0.39, 0.29) is 23.7 Å². The van der Waals surface area contributed by atoms with Crippen LogP contribution in [0.4, 0.5) is 0 Å². The third-order valence-electron chi connectivity index (χ3n) is 3.68. The van der Waals surface area contributed by atoms with Gasteiger partial charge in [-0.1, -0.05) is 6.92 Å². The lowest BCUT2D eigenvalue weighted by molar-refractivity contribution is -0.125. The van der Waals surface area contributed by atoms with Gasteiger partial charge in [-0.3, -0.25) is 9.59 Å². The van der Waals surface area contributed by atoms with E-state index in [1.54, 1.807) is 11.8 Å². The molecule has 1 aliphatic rings. The Morgan fingerprint density at radius 3 is 2.44 bits per heavy atom. The summed E-state index contributed by atoms with van der Waals surface area (Å²) >= 11 is 1.69. The lowest BCUT2D eigenvalue weighted by Gasteiger charge is -2.27.